The molecule has 3 aromatic rings. The fourth-order valence-corrected chi connectivity index (χ4v) is 4.04. The van der Waals surface area contributed by atoms with Crippen molar-refractivity contribution in [2.75, 3.05) is 19.0 Å². The topological polar surface area (TPSA) is 102 Å². The molecule has 3 amide bonds. The number of methoxy groups -OCH3 is 1. The predicted molar refractivity (Wildman–Crippen MR) is 126 cm³/mol. The number of halogens is 1. The first-order chi connectivity index (χ1) is 15.4. The molecule has 0 saturated heterocycles. The van der Waals surface area contributed by atoms with E-state index in [0.29, 0.717) is 46.3 Å². The zero-order chi connectivity index (χ0) is 23.1. The number of nitrogens with zero attached hydrogens (tertiary/aromatic N) is 2. The monoisotopic (exact) mass is 474 g/mol. The first-order valence-electron chi connectivity index (χ1n) is 9.91. The highest BCUT2D eigenvalue weighted by Crippen LogP contribution is 2.24. The Bertz CT molecular complexity index is 1170. The molecule has 2 N–H and O–H groups in total. The number of nitrogens with one attached hydrogen (secondary N) is 2. The van der Waals surface area contributed by atoms with Crippen molar-refractivity contribution in [1.29, 1.82) is 0 Å². The SMILES string of the molecule is COCCCn1c(SC(C)C(=O)NC(=O)Nc2ccccc2)nc2cc(Cl)ccc2c1=O. The molecule has 0 spiro atoms. The van der Waals surface area contributed by atoms with Gasteiger partial charge in [-0.2, -0.15) is 0 Å². The molecule has 0 aliphatic heterocycles. The van der Waals surface area contributed by atoms with Crippen molar-refractivity contribution in [2.45, 2.75) is 30.3 Å². The molecule has 0 fully saturated rings. The molecule has 0 aliphatic rings. The molecule has 1 unspecified atom stereocenters. The largest absolute Gasteiger partial charge is 0.385 e. The Kier molecular flexibility index (Phi) is 8.26. The van der Waals surface area contributed by atoms with Crippen LogP contribution in [0.5, 0.6) is 0 Å². The van der Waals surface area contributed by atoms with E-state index in [4.69, 9.17) is 16.3 Å². The van der Waals surface area contributed by atoms with Crippen LogP contribution in [-0.2, 0) is 16.1 Å². The minimum atomic E-state index is -0.686. The Morgan fingerprint density at radius 3 is 2.69 bits per heavy atom. The highest BCUT2D eigenvalue weighted by molar-refractivity contribution is 8.00. The van der Waals surface area contributed by atoms with Crippen LogP contribution in [-0.4, -0.2) is 40.5 Å². The van der Waals surface area contributed by atoms with Crippen LogP contribution in [0.1, 0.15) is 13.3 Å². The Hall–Kier alpha value is -2.88. The Labute approximate surface area is 194 Å². The van der Waals surface area contributed by atoms with Crippen LogP contribution in [0.3, 0.4) is 0 Å². The second-order valence-electron chi connectivity index (χ2n) is 6.93. The van der Waals surface area contributed by atoms with Gasteiger partial charge in [-0.25, -0.2) is 9.78 Å². The quantitative estimate of drug-likeness (QED) is 0.291. The molecule has 0 radical (unpaired) electrons. The normalized spacial score (nSPS) is 11.8. The van der Waals surface area contributed by atoms with Gasteiger partial charge in [0.15, 0.2) is 5.16 Å². The van der Waals surface area contributed by atoms with Gasteiger partial charge in [0.25, 0.3) is 5.56 Å². The lowest BCUT2D eigenvalue weighted by Gasteiger charge is -2.16. The van der Waals surface area contributed by atoms with E-state index >= 15 is 0 Å². The molecular weight excluding hydrogens is 452 g/mol. The van der Waals surface area contributed by atoms with Crippen molar-refractivity contribution in [3.63, 3.8) is 0 Å². The van der Waals surface area contributed by atoms with Crippen LogP contribution in [0, 0.1) is 0 Å². The minimum Gasteiger partial charge on any atom is -0.385 e. The fraction of sp³-hybridized carbons (Fsp3) is 0.273. The zero-order valence-electron chi connectivity index (χ0n) is 17.6. The lowest BCUT2D eigenvalue weighted by atomic mass is 10.2. The second-order valence-corrected chi connectivity index (χ2v) is 8.67. The van der Waals surface area contributed by atoms with Crippen molar-refractivity contribution >= 4 is 51.9 Å². The summed E-state index contributed by atoms with van der Waals surface area (Å²) in [6.45, 7) is 2.50. The summed E-state index contributed by atoms with van der Waals surface area (Å²) in [5.74, 6) is -0.507. The molecule has 168 valence electrons. The van der Waals surface area contributed by atoms with E-state index in [1.165, 1.54) is 4.57 Å². The van der Waals surface area contributed by atoms with Crippen molar-refractivity contribution in [2.24, 2.45) is 0 Å². The molecule has 10 heteroatoms. The number of benzene rings is 2. The van der Waals surface area contributed by atoms with Gasteiger partial charge in [0.2, 0.25) is 5.91 Å². The number of rotatable bonds is 8. The summed E-state index contributed by atoms with van der Waals surface area (Å²) in [5.41, 5.74) is 0.792. The molecule has 0 saturated carbocycles. The smallest absolute Gasteiger partial charge is 0.325 e. The molecule has 1 atom stereocenters. The molecule has 1 aromatic heterocycles. The molecule has 32 heavy (non-hydrogen) atoms. The van der Waals surface area contributed by atoms with Gasteiger partial charge in [0, 0.05) is 31.0 Å². The first-order valence-corrected chi connectivity index (χ1v) is 11.2. The number of amides is 3. The van der Waals surface area contributed by atoms with Crippen LogP contribution in [0.4, 0.5) is 10.5 Å². The van der Waals surface area contributed by atoms with Gasteiger partial charge in [0.1, 0.15) is 0 Å². The highest BCUT2D eigenvalue weighted by atomic mass is 35.5. The van der Waals surface area contributed by atoms with E-state index < -0.39 is 17.2 Å². The van der Waals surface area contributed by atoms with Crippen LogP contribution in [0.15, 0.2) is 58.5 Å². The van der Waals surface area contributed by atoms with Crippen molar-refractivity contribution in [1.82, 2.24) is 14.9 Å². The van der Waals surface area contributed by atoms with Gasteiger partial charge in [0.05, 0.1) is 16.2 Å². The van der Waals surface area contributed by atoms with Crippen LogP contribution in [0.25, 0.3) is 10.9 Å². The number of anilines is 1. The summed E-state index contributed by atoms with van der Waals surface area (Å²) in [7, 11) is 1.59. The zero-order valence-corrected chi connectivity index (χ0v) is 19.2. The first kappa shape index (κ1) is 23.8. The van der Waals surface area contributed by atoms with Crippen LogP contribution >= 0.6 is 23.4 Å². The molecule has 0 bridgehead atoms. The number of hydrogen-bond donors (Lipinski definition) is 2. The summed E-state index contributed by atoms with van der Waals surface area (Å²) in [4.78, 5) is 42.3. The predicted octanol–water partition coefficient (Wildman–Crippen LogP) is 3.92. The van der Waals surface area contributed by atoms with Crippen molar-refractivity contribution in [3.05, 3.63) is 63.9 Å². The number of thioether (sulfide) groups is 1. The molecule has 8 nitrogen and oxygen atoms in total. The van der Waals surface area contributed by atoms with E-state index in [-0.39, 0.29) is 5.56 Å². The van der Waals surface area contributed by atoms with Crippen LogP contribution < -0.4 is 16.2 Å². The fourth-order valence-electron chi connectivity index (χ4n) is 2.94. The van der Waals surface area contributed by atoms with Gasteiger partial charge in [-0.15, -0.1) is 0 Å². The number of hydrogen-bond acceptors (Lipinski definition) is 6. The number of urea groups is 1. The lowest BCUT2D eigenvalue weighted by molar-refractivity contribution is -0.119. The van der Waals surface area contributed by atoms with Crippen LogP contribution in [0.2, 0.25) is 5.02 Å². The maximum atomic E-state index is 13.0. The summed E-state index contributed by atoms with van der Waals surface area (Å²) >= 11 is 7.16. The standard InChI is InChI=1S/C22H23ClN4O4S/c1-14(19(28)26-21(30)24-16-7-4-3-5-8-16)32-22-25-18-13-15(23)9-10-17(18)20(29)27(22)11-6-12-31-2/h3-5,7-10,13-14H,6,11-12H2,1-2H3,(H2,24,26,28,30). The molecule has 1 heterocycles. The van der Waals surface area contributed by atoms with E-state index in [1.54, 1.807) is 56.5 Å². The number of aromatic nitrogens is 2. The number of fused-ring (bicyclic) bond motifs is 1. The average Bonchev–Trinajstić information content (AvgIpc) is 2.76. The van der Waals surface area contributed by atoms with Gasteiger partial charge in [-0.3, -0.25) is 19.5 Å². The highest BCUT2D eigenvalue weighted by Gasteiger charge is 2.21. The maximum Gasteiger partial charge on any atom is 0.325 e. The second kappa shape index (κ2) is 11.1. The van der Waals surface area contributed by atoms with Gasteiger partial charge in [-0.05, 0) is 43.7 Å². The van der Waals surface area contributed by atoms with Gasteiger partial charge < -0.3 is 10.1 Å². The number of imide groups is 1. The molecule has 3 rings (SSSR count). The Morgan fingerprint density at radius 1 is 1.22 bits per heavy atom. The van der Waals surface area contributed by atoms with Gasteiger partial charge >= 0.3 is 6.03 Å². The van der Waals surface area contributed by atoms with Gasteiger partial charge in [-0.1, -0.05) is 41.6 Å². The summed E-state index contributed by atoms with van der Waals surface area (Å²) < 4.78 is 6.61. The third-order valence-corrected chi connectivity index (χ3v) is 5.86. The van der Waals surface area contributed by atoms with E-state index in [1.807, 2.05) is 6.07 Å². The maximum absolute atomic E-state index is 13.0. The van der Waals surface area contributed by atoms with E-state index in [0.717, 1.165) is 11.8 Å². The average molecular weight is 475 g/mol. The molecule has 2 aromatic carbocycles. The summed E-state index contributed by atoms with van der Waals surface area (Å²) in [6.07, 6.45) is 0.602. The minimum absolute atomic E-state index is 0.223. The number of carbonyl (C=O) groups excluding carboxylic acids is 2. The summed E-state index contributed by atoms with van der Waals surface area (Å²) in [5, 5.41) is 5.49. The summed E-state index contributed by atoms with van der Waals surface area (Å²) in [6, 6.07) is 13.1. The number of ether oxygens (including phenoxy) is 1. The third kappa shape index (κ3) is 6.09. The Balaban J connectivity index is 1.79. The molecular formula is C22H23ClN4O4S. The number of carbonyl (C=O) groups is 2. The van der Waals surface area contributed by atoms with E-state index in [2.05, 4.69) is 15.6 Å². The third-order valence-electron chi connectivity index (χ3n) is 4.53. The molecule has 0 aliphatic carbocycles. The van der Waals surface area contributed by atoms with E-state index in [9.17, 15) is 14.4 Å². The lowest BCUT2D eigenvalue weighted by Crippen LogP contribution is -2.39. The Morgan fingerprint density at radius 2 is 1.97 bits per heavy atom. The van der Waals surface area contributed by atoms with Crippen molar-refractivity contribution in [3.8, 4) is 0 Å². The van der Waals surface area contributed by atoms with Crippen molar-refractivity contribution < 1.29 is 14.3 Å². The number of para-hydroxylation sites is 1.